The zero-order chi connectivity index (χ0) is 29.9. The third-order valence-electron chi connectivity index (χ3n) is 7.17. The van der Waals surface area contributed by atoms with E-state index in [0.717, 1.165) is 9.54 Å². The Bertz CT molecular complexity index is 1670. The number of aliphatic hydroxyl groups excluding tert-OH is 2. The normalized spacial score (nSPS) is 12.0. The van der Waals surface area contributed by atoms with Gasteiger partial charge in [-0.2, -0.15) is 0 Å². The molecule has 0 aliphatic heterocycles. The Morgan fingerprint density at radius 1 is 0.951 bits per heavy atom. The van der Waals surface area contributed by atoms with Crippen molar-refractivity contribution in [1.82, 2.24) is 3.97 Å². The minimum absolute atomic E-state index is 0.0188. The van der Waals surface area contributed by atoms with E-state index < -0.39 is 15.6 Å². The lowest BCUT2D eigenvalue weighted by Gasteiger charge is -2.24. The van der Waals surface area contributed by atoms with E-state index in [4.69, 9.17) is 19.9 Å². The Morgan fingerprint density at radius 2 is 1.63 bits per heavy atom. The van der Waals surface area contributed by atoms with E-state index in [-0.39, 0.29) is 35.0 Å². The van der Waals surface area contributed by atoms with Crippen molar-refractivity contribution < 1.29 is 37.6 Å². The fourth-order valence-electron chi connectivity index (χ4n) is 4.67. The number of carbonyl (C=O) groups excluding carboxylic acids is 1. The number of nitrogens with two attached hydrogens (primary N) is 1. The van der Waals surface area contributed by atoms with Crippen LogP contribution in [-0.4, -0.2) is 68.5 Å². The SMILES string of the molecule is COc1ccc2c(C(=O)c3cc(C)c(OC)c(OC)c3)cn(S(=O)(=O)c3ccc(CCC(N)(CO)CO)cc3)c2c1. The van der Waals surface area contributed by atoms with Gasteiger partial charge in [0.1, 0.15) is 5.75 Å². The molecule has 0 atom stereocenters. The predicted octanol–water partition coefficient (Wildman–Crippen LogP) is 3.06. The molecule has 0 saturated carbocycles. The van der Waals surface area contributed by atoms with Gasteiger partial charge in [-0.3, -0.25) is 4.79 Å². The van der Waals surface area contributed by atoms with Crippen molar-refractivity contribution in [3.8, 4) is 17.2 Å². The second-order valence-corrected chi connectivity index (χ2v) is 11.7. The maximum atomic E-state index is 13.9. The molecule has 0 aliphatic carbocycles. The number of rotatable bonds is 12. The molecule has 1 aromatic heterocycles. The van der Waals surface area contributed by atoms with Crippen molar-refractivity contribution in [2.75, 3.05) is 34.5 Å². The summed E-state index contributed by atoms with van der Waals surface area (Å²) in [6.45, 7) is 1.05. The third kappa shape index (κ3) is 5.80. The van der Waals surface area contributed by atoms with Crippen LogP contribution in [0.3, 0.4) is 0 Å². The molecule has 10 nitrogen and oxygen atoms in total. The fourth-order valence-corrected chi connectivity index (χ4v) is 6.03. The van der Waals surface area contributed by atoms with Crippen LogP contribution in [0.1, 0.15) is 33.5 Å². The summed E-state index contributed by atoms with van der Waals surface area (Å²) in [6.07, 6.45) is 2.08. The summed E-state index contributed by atoms with van der Waals surface area (Å²) < 4.78 is 45.0. The Hall–Kier alpha value is -3.90. The van der Waals surface area contributed by atoms with Crippen molar-refractivity contribution in [1.29, 1.82) is 0 Å². The van der Waals surface area contributed by atoms with Crippen LogP contribution in [0.4, 0.5) is 0 Å². The number of aryl methyl sites for hydroxylation is 2. The zero-order valence-corrected chi connectivity index (χ0v) is 24.2. The number of fused-ring (bicyclic) bond motifs is 1. The van der Waals surface area contributed by atoms with Crippen molar-refractivity contribution in [3.63, 3.8) is 0 Å². The molecule has 0 radical (unpaired) electrons. The van der Waals surface area contributed by atoms with E-state index >= 15 is 0 Å². The van der Waals surface area contributed by atoms with Crippen LogP contribution in [0, 0.1) is 6.92 Å². The Kier molecular flexibility index (Phi) is 8.74. The second-order valence-electron chi connectivity index (χ2n) is 9.91. The van der Waals surface area contributed by atoms with E-state index in [9.17, 15) is 23.4 Å². The molecule has 4 N–H and O–H groups in total. The lowest BCUT2D eigenvalue weighted by Crippen LogP contribution is -2.47. The Balaban J connectivity index is 1.77. The molecule has 218 valence electrons. The summed E-state index contributed by atoms with van der Waals surface area (Å²) in [5.74, 6) is 0.943. The van der Waals surface area contributed by atoms with Gasteiger partial charge in [-0.15, -0.1) is 0 Å². The molecule has 0 bridgehead atoms. The summed E-state index contributed by atoms with van der Waals surface area (Å²) in [5, 5.41) is 19.3. The fraction of sp³-hybridized carbons (Fsp3) is 0.300. The molecule has 0 aliphatic rings. The number of ether oxygens (including phenoxy) is 3. The van der Waals surface area contributed by atoms with Gasteiger partial charge in [0, 0.05) is 28.8 Å². The molecule has 0 unspecified atom stereocenters. The van der Waals surface area contributed by atoms with Gasteiger partial charge in [-0.1, -0.05) is 12.1 Å². The summed E-state index contributed by atoms with van der Waals surface area (Å²) in [7, 11) is 0.343. The van der Waals surface area contributed by atoms with Crippen LogP contribution in [0.2, 0.25) is 0 Å². The first-order valence-corrected chi connectivity index (χ1v) is 14.3. The van der Waals surface area contributed by atoms with Crippen LogP contribution in [0.15, 0.2) is 65.7 Å². The van der Waals surface area contributed by atoms with Gasteiger partial charge in [0.15, 0.2) is 17.3 Å². The molecule has 1 heterocycles. The lowest BCUT2D eigenvalue weighted by atomic mass is 9.94. The number of hydrogen-bond acceptors (Lipinski definition) is 9. The molecule has 0 fully saturated rings. The molecule has 0 saturated heterocycles. The smallest absolute Gasteiger partial charge is 0.268 e. The predicted molar refractivity (Wildman–Crippen MR) is 155 cm³/mol. The highest BCUT2D eigenvalue weighted by atomic mass is 32.2. The first kappa shape index (κ1) is 30.1. The number of benzene rings is 3. The summed E-state index contributed by atoms with van der Waals surface area (Å²) >= 11 is 0. The minimum Gasteiger partial charge on any atom is -0.497 e. The van der Waals surface area contributed by atoms with E-state index in [1.165, 1.54) is 39.7 Å². The monoisotopic (exact) mass is 582 g/mol. The maximum Gasteiger partial charge on any atom is 0.268 e. The van der Waals surface area contributed by atoms with Gasteiger partial charge < -0.3 is 30.2 Å². The largest absolute Gasteiger partial charge is 0.497 e. The standard InChI is InChI=1S/C30H34N2O8S/c1-19-13-21(14-27(39-3)29(19)40-4)28(35)25-16-32(26-15-22(38-2)7-10-24(25)26)41(36,37)23-8-5-20(6-9-23)11-12-30(31,17-33)18-34/h5-10,13-16,33-34H,11-12,17-18,31H2,1-4H3. The van der Waals surface area contributed by atoms with Gasteiger partial charge in [-0.25, -0.2) is 12.4 Å². The summed E-state index contributed by atoms with van der Waals surface area (Å²) in [5.41, 5.74) is 7.11. The summed E-state index contributed by atoms with van der Waals surface area (Å²) in [6, 6.07) is 14.4. The van der Waals surface area contributed by atoms with Gasteiger partial charge >= 0.3 is 0 Å². The van der Waals surface area contributed by atoms with Crippen LogP contribution < -0.4 is 19.9 Å². The van der Waals surface area contributed by atoms with Crippen LogP contribution >= 0.6 is 0 Å². The quantitative estimate of drug-likeness (QED) is 0.214. The van der Waals surface area contributed by atoms with Gasteiger partial charge in [-0.05, 0) is 67.3 Å². The van der Waals surface area contributed by atoms with Crippen molar-refractivity contribution in [3.05, 3.63) is 83.0 Å². The van der Waals surface area contributed by atoms with E-state index in [1.807, 2.05) is 0 Å². The highest BCUT2D eigenvalue weighted by Crippen LogP contribution is 2.35. The second kappa shape index (κ2) is 11.9. The molecule has 0 amide bonds. The van der Waals surface area contributed by atoms with Crippen LogP contribution in [-0.2, 0) is 16.4 Å². The zero-order valence-electron chi connectivity index (χ0n) is 23.4. The molecular formula is C30H34N2O8S. The molecule has 11 heteroatoms. The average molecular weight is 583 g/mol. The highest BCUT2D eigenvalue weighted by molar-refractivity contribution is 7.90. The van der Waals surface area contributed by atoms with Gasteiger partial charge in [0.25, 0.3) is 10.0 Å². The van der Waals surface area contributed by atoms with E-state index in [2.05, 4.69) is 0 Å². The molecule has 0 spiro atoms. The van der Waals surface area contributed by atoms with Crippen molar-refractivity contribution >= 4 is 26.7 Å². The van der Waals surface area contributed by atoms with Crippen molar-refractivity contribution in [2.45, 2.75) is 30.2 Å². The van der Waals surface area contributed by atoms with E-state index in [1.54, 1.807) is 49.4 Å². The van der Waals surface area contributed by atoms with E-state index in [0.29, 0.717) is 46.6 Å². The molecule has 4 aromatic rings. The maximum absolute atomic E-state index is 13.9. The first-order chi connectivity index (χ1) is 19.5. The van der Waals surface area contributed by atoms with Gasteiger partial charge in [0.2, 0.25) is 0 Å². The number of hydrogen-bond donors (Lipinski definition) is 3. The lowest BCUT2D eigenvalue weighted by molar-refractivity contribution is 0.103. The first-order valence-electron chi connectivity index (χ1n) is 12.8. The minimum atomic E-state index is -4.13. The Morgan fingerprint density at radius 3 is 2.22 bits per heavy atom. The number of aromatic nitrogens is 1. The molecule has 3 aromatic carbocycles. The molecular weight excluding hydrogens is 548 g/mol. The molecule has 41 heavy (non-hydrogen) atoms. The van der Waals surface area contributed by atoms with Crippen LogP contribution in [0.25, 0.3) is 10.9 Å². The van der Waals surface area contributed by atoms with Crippen LogP contribution in [0.5, 0.6) is 17.2 Å². The Labute approximate surface area is 238 Å². The summed E-state index contributed by atoms with van der Waals surface area (Å²) in [4.78, 5) is 13.8. The number of ketones is 1. The highest BCUT2D eigenvalue weighted by Gasteiger charge is 2.26. The van der Waals surface area contributed by atoms with Gasteiger partial charge in [0.05, 0.1) is 50.5 Å². The average Bonchev–Trinajstić information content (AvgIpc) is 3.38. The number of aliphatic hydroxyl groups is 2. The number of carbonyl (C=O) groups is 1. The number of nitrogens with zero attached hydrogens (tertiary/aromatic N) is 1. The topological polar surface area (TPSA) is 150 Å². The molecule has 4 rings (SSSR count). The number of methoxy groups -OCH3 is 3. The third-order valence-corrected chi connectivity index (χ3v) is 8.86. The van der Waals surface area contributed by atoms with Crippen molar-refractivity contribution in [2.24, 2.45) is 5.73 Å².